The van der Waals surface area contributed by atoms with E-state index in [1.54, 1.807) is 25.6 Å². The van der Waals surface area contributed by atoms with E-state index < -0.39 is 0 Å². The van der Waals surface area contributed by atoms with Crippen molar-refractivity contribution in [2.45, 2.75) is 20.3 Å². The molecule has 5 aromatic heterocycles. The number of carbonyl (C=O) groups excluding carboxylic acids is 1. The normalized spacial score (nSPS) is 11.4. The molecular formula is C25H21N9O. The first-order chi connectivity index (χ1) is 17.1. The Morgan fingerprint density at radius 1 is 1.09 bits per heavy atom. The van der Waals surface area contributed by atoms with Crippen molar-refractivity contribution >= 4 is 33.7 Å². The van der Waals surface area contributed by atoms with Crippen molar-refractivity contribution < 1.29 is 4.79 Å². The number of rotatable bonds is 5. The van der Waals surface area contributed by atoms with E-state index in [1.165, 1.54) is 0 Å². The molecule has 0 saturated carbocycles. The SMILES string of the molecule is CCC(=O)Nc1cncc(-c2ccc3[nH]nc(-c4nc5c(-n6cnc(C)c6)cccc5[nH]4)c3n2)c1. The van der Waals surface area contributed by atoms with Gasteiger partial charge in [0.1, 0.15) is 11.0 Å². The summed E-state index contributed by atoms with van der Waals surface area (Å²) in [5.41, 5.74) is 7.79. The molecule has 172 valence electrons. The molecule has 0 fully saturated rings. The molecule has 6 rings (SSSR count). The molecule has 1 aromatic carbocycles. The Bertz CT molecular complexity index is 1710. The minimum absolute atomic E-state index is 0.0698. The summed E-state index contributed by atoms with van der Waals surface area (Å²) < 4.78 is 1.96. The first-order valence-corrected chi connectivity index (χ1v) is 11.2. The fraction of sp³-hybridized carbons (Fsp3) is 0.120. The number of nitrogens with one attached hydrogen (secondary N) is 3. The number of anilines is 1. The molecule has 0 bridgehead atoms. The summed E-state index contributed by atoms with van der Waals surface area (Å²) in [6, 6.07) is 11.6. The van der Waals surface area contributed by atoms with E-state index >= 15 is 0 Å². The summed E-state index contributed by atoms with van der Waals surface area (Å²) in [6.07, 6.45) is 7.47. The van der Waals surface area contributed by atoms with Crippen molar-refractivity contribution in [2.24, 2.45) is 0 Å². The van der Waals surface area contributed by atoms with Crippen LogP contribution in [0.1, 0.15) is 19.0 Å². The van der Waals surface area contributed by atoms with Gasteiger partial charge in [0.05, 0.1) is 46.3 Å². The second-order valence-electron chi connectivity index (χ2n) is 8.21. The van der Waals surface area contributed by atoms with Gasteiger partial charge in [-0.05, 0) is 37.3 Å². The van der Waals surface area contributed by atoms with Crippen LogP contribution in [0, 0.1) is 6.92 Å². The Kier molecular flexibility index (Phi) is 4.84. The fourth-order valence-corrected chi connectivity index (χ4v) is 4.01. The number of benzene rings is 1. The zero-order valence-electron chi connectivity index (χ0n) is 19.1. The molecule has 3 N–H and O–H groups in total. The molecule has 5 heterocycles. The first kappa shape index (κ1) is 20.7. The van der Waals surface area contributed by atoms with E-state index in [0.29, 0.717) is 34.8 Å². The molecule has 0 atom stereocenters. The molecule has 0 aliphatic carbocycles. The molecule has 0 radical (unpaired) electrons. The van der Waals surface area contributed by atoms with Crippen LogP contribution in [0.2, 0.25) is 0 Å². The number of imidazole rings is 2. The van der Waals surface area contributed by atoms with Crippen LogP contribution in [-0.4, -0.2) is 45.6 Å². The highest BCUT2D eigenvalue weighted by Crippen LogP contribution is 2.29. The van der Waals surface area contributed by atoms with Crippen LogP contribution >= 0.6 is 0 Å². The van der Waals surface area contributed by atoms with Crippen LogP contribution in [0.25, 0.3) is 50.5 Å². The van der Waals surface area contributed by atoms with Crippen molar-refractivity contribution in [1.29, 1.82) is 0 Å². The summed E-state index contributed by atoms with van der Waals surface area (Å²) in [7, 11) is 0. The number of H-pyrrole nitrogens is 2. The summed E-state index contributed by atoms with van der Waals surface area (Å²) in [6.45, 7) is 3.76. The summed E-state index contributed by atoms with van der Waals surface area (Å²) in [5.74, 6) is 0.543. The lowest BCUT2D eigenvalue weighted by Crippen LogP contribution is -2.09. The largest absolute Gasteiger partial charge is 0.336 e. The maximum Gasteiger partial charge on any atom is 0.224 e. The molecule has 10 nitrogen and oxygen atoms in total. The zero-order chi connectivity index (χ0) is 23.9. The number of hydrogen-bond acceptors (Lipinski definition) is 6. The van der Waals surface area contributed by atoms with E-state index in [-0.39, 0.29) is 5.91 Å². The van der Waals surface area contributed by atoms with Gasteiger partial charge in [-0.25, -0.2) is 15.0 Å². The molecule has 6 aromatic rings. The third kappa shape index (κ3) is 3.70. The van der Waals surface area contributed by atoms with E-state index in [9.17, 15) is 4.79 Å². The van der Waals surface area contributed by atoms with E-state index in [4.69, 9.17) is 9.97 Å². The Morgan fingerprint density at radius 2 is 2.00 bits per heavy atom. The third-order valence-electron chi connectivity index (χ3n) is 5.75. The van der Waals surface area contributed by atoms with Crippen LogP contribution in [0.3, 0.4) is 0 Å². The average molecular weight is 464 g/mol. The number of aromatic amines is 2. The zero-order valence-corrected chi connectivity index (χ0v) is 19.1. The number of pyridine rings is 2. The summed E-state index contributed by atoms with van der Waals surface area (Å²) >= 11 is 0. The quantitative estimate of drug-likeness (QED) is 0.347. The number of amides is 1. The van der Waals surface area contributed by atoms with E-state index in [2.05, 4.69) is 30.5 Å². The maximum atomic E-state index is 11.8. The molecule has 1 amide bonds. The van der Waals surface area contributed by atoms with Crippen molar-refractivity contribution in [1.82, 2.24) is 39.7 Å². The second-order valence-corrected chi connectivity index (χ2v) is 8.21. The minimum Gasteiger partial charge on any atom is -0.336 e. The molecule has 0 unspecified atom stereocenters. The van der Waals surface area contributed by atoms with Gasteiger partial charge >= 0.3 is 0 Å². The highest BCUT2D eigenvalue weighted by atomic mass is 16.1. The van der Waals surface area contributed by atoms with Gasteiger partial charge < -0.3 is 14.9 Å². The summed E-state index contributed by atoms with van der Waals surface area (Å²) in [4.78, 5) is 33.5. The predicted octanol–water partition coefficient (Wildman–Crippen LogP) is 4.41. The molecule has 0 saturated heterocycles. The lowest BCUT2D eigenvalue weighted by atomic mass is 10.1. The van der Waals surface area contributed by atoms with Crippen LogP contribution in [0.5, 0.6) is 0 Å². The highest BCUT2D eigenvalue weighted by molar-refractivity contribution is 5.94. The number of nitrogens with zero attached hydrogens (tertiary/aromatic N) is 6. The van der Waals surface area contributed by atoms with Gasteiger partial charge in [0, 0.05) is 24.4 Å². The molecular weight excluding hydrogens is 442 g/mol. The van der Waals surface area contributed by atoms with Crippen LogP contribution in [0.15, 0.2) is 61.3 Å². The van der Waals surface area contributed by atoms with Crippen molar-refractivity contribution in [3.63, 3.8) is 0 Å². The Hall–Kier alpha value is -4.86. The standard InChI is InChI=1S/C25H21N9O/c1-3-21(35)28-16-9-15(10-26-11-16)17-7-8-19-23(29-17)24(33-32-19)25-30-18-5-4-6-20(22(18)31-25)34-12-14(2)27-13-34/h4-13H,3H2,1-2H3,(H,28,35)(H,30,31)(H,32,33). The van der Waals surface area contributed by atoms with Gasteiger partial charge in [-0.2, -0.15) is 5.10 Å². The van der Waals surface area contributed by atoms with Gasteiger partial charge in [0.15, 0.2) is 11.5 Å². The smallest absolute Gasteiger partial charge is 0.224 e. The number of hydrogen-bond donors (Lipinski definition) is 3. The highest BCUT2D eigenvalue weighted by Gasteiger charge is 2.17. The number of para-hydroxylation sites is 1. The van der Waals surface area contributed by atoms with Gasteiger partial charge in [-0.1, -0.05) is 13.0 Å². The lowest BCUT2D eigenvalue weighted by molar-refractivity contribution is -0.115. The maximum absolute atomic E-state index is 11.8. The number of carbonyl (C=O) groups is 1. The minimum atomic E-state index is -0.0698. The Labute approximate surface area is 199 Å². The van der Waals surface area contributed by atoms with Crippen LogP contribution in [0.4, 0.5) is 5.69 Å². The Morgan fingerprint density at radius 3 is 2.83 bits per heavy atom. The number of fused-ring (bicyclic) bond motifs is 2. The molecule has 0 spiro atoms. The van der Waals surface area contributed by atoms with Crippen molar-refractivity contribution in [3.05, 3.63) is 67.0 Å². The topological polar surface area (TPSA) is 130 Å². The first-order valence-electron chi connectivity index (χ1n) is 11.2. The van der Waals surface area contributed by atoms with Crippen molar-refractivity contribution in [3.8, 4) is 28.5 Å². The number of aryl methyl sites for hydroxylation is 1. The van der Waals surface area contributed by atoms with Crippen LogP contribution < -0.4 is 5.32 Å². The van der Waals surface area contributed by atoms with Gasteiger partial charge in [-0.15, -0.1) is 0 Å². The van der Waals surface area contributed by atoms with Gasteiger partial charge in [-0.3, -0.25) is 14.9 Å². The van der Waals surface area contributed by atoms with Crippen LogP contribution in [-0.2, 0) is 4.79 Å². The molecule has 35 heavy (non-hydrogen) atoms. The Balaban J connectivity index is 1.43. The van der Waals surface area contributed by atoms with Crippen molar-refractivity contribution in [2.75, 3.05) is 5.32 Å². The van der Waals surface area contributed by atoms with Gasteiger partial charge in [0.2, 0.25) is 5.91 Å². The average Bonchev–Trinajstić information content (AvgIpc) is 3.61. The predicted molar refractivity (Wildman–Crippen MR) is 133 cm³/mol. The molecule has 10 heteroatoms. The van der Waals surface area contributed by atoms with Gasteiger partial charge in [0.25, 0.3) is 0 Å². The van der Waals surface area contributed by atoms with E-state index in [0.717, 1.165) is 33.5 Å². The number of aromatic nitrogens is 8. The fourth-order valence-electron chi connectivity index (χ4n) is 4.01. The molecule has 0 aliphatic heterocycles. The molecule has 0 aliphatic rings. The summed E-state index contributed by atoms with van der Waals surface area (Å²) in [5, 5.41) is 10.4. The third-order valence-corrected chi connectivity index (χ3v) is 5.75. The monoisotopic (exact) mass is 463 g/mol. The van der Waals surface area contributed by atoms with E-state index in [1.807, 2.05) is 54.1 Å². The lowest BCUT2D eigenvalue weighted by Gasteiger charge is -2.06. The second kappa shape index (κ2) is 8.17.